The first-order valence-electron chi connectivity index (χ1n) is 15.3. The molecule has 0 aromatic heterocycles. The van der Waals surface area contributed by atoms with Gasteiger partial charge in [0.1, 0.15) is 6.10 Å². The molecule has 3 N–H and O–H groups in total. The van der Waals surface area contributed by atoms with Crippen molar-refractivity contribution >= 4 is 29.7 Å². The highest BCUT2D eigenvalue weighted by Crippen LogP contribution is 2.48. The highest BCUT2D eigenvalue weighted by molar-refractivity contribution is 7.98. The predicted octanol–water partition coefficient (Wildman–Crippen LogP) is 4.13. The number of rotatable bonds is 13. The number of nitrogens with two attached hydrogens (primary N) is 1. The van der Waals surface area contributed by atoms with Gasteiger partial charge in [0, 0.05) is 38.3 Å². The number of hydrogen-bond acceptors (Lipinski definition) is 8. The summed E-state index contributed by atoms with van der Waals surface area (Å²) in [6, 6.07) is -0.111. The molecule has 3 amide bonds. The van der Waals surface area contributed by atoms with E-state index in [1.54, 1.807) is 31.8 Å². The number of carbonyl (C=O) groups excluding carboxylic acids is 3. The van der Waals surface area contributed by atoms with E-state index in [9.17, 15) is 14.4 Å². The molecule has 3 heterocycles. The minimum atomic E-state index is -0.518. The van der Waals surface area contributed by atoms with Gasteiger partial charge < -0.3 is 34.9 Å². The second-order valence-corrected chi connectivity index (χ2v) is 13.3. The zero-order chi connectivity index (χ0) is 31.7. The number of thioether (sulfide) groups is 1. The number of epoxide rings is 1. The zero-order valence-electron chi connectivity index (χ0n) is 26.7. The Labute approximate surface area is 261 Å². The quantitative estimate of drug-likeness (QED) is 0.178. The summed E-state index contributed by atoms with van der Waals surface area (Å²) in [5.74, 6) is 0.488. The standard InChI is InChI=1S/C32H51N3O7S/c1-20(8-11-25-18-32(24(5)42-32)19-26(41-25)17-29(33)36)9-12-28-21(2)16-27(23(4)40-28)34-30(37)13-10-22(3)39-31(38)35(6)14-15-43-7/h8-11,13,21-28H,12,14-19H2,1-7H3,(H2,33,36)(H,34,37)/b11-8+,13-10-,20-9+/t21?,22?,23?,24?,25?,26-,27?,28?,32?/m1/s1. The predicted molar refractivity (Wildman–Crippen MR) is 169 cm³/mol. The maximum absolute atomic E-state index is 12.6. The molecule has 3 aliphatic heterocycles. The van der Waals surface area contributed by atoms with Crippen molar-refractivity contribution in [2.24, 2.45) is 11.7 Å². The Morgan fingerprint density at radius 1 is 1.19 bits per heavy atom. The Morgan fingerprint density at radius 3 is 2.56 bits per heavy atom. The average molecular weight is 622 g/mol. The summed E-state index contributed by atoms with van der Waals surface area (Å²) in [4.78, 5) is 37.7. The first-order chi connectivity index (χ1) is 20.3. The lowest BCUT2D eigenvalue weighted by Crippen LogP contribution is -2.50. The minimum Gasteiger partial charge on any atom is -0.442 e. The van der Waals surface area contributed by atoms with Crippen LogP contribution in [-0.4, -0.2) is 96.7 Å². The Bertz CT molecular complexity index is 1070. The van der Waals surface area contributed by atoms with Crippen LogP contribution in [0.5, 0.6) is 0 Å². The molecule has 0 saturated carbocycles. The number of allylic oxidation sites excluding steroid dienone is 2. The van der Waals surface area contributed by atoms with E-state index in [4.69, 9.17) is 24.7 Å². The molecule has 9 atom stereocenters. The van der Waals surface area contributed by atoms with Gasteiger partial charge in [-0.2, -0.15) is 11.8 Å². The fraction of sp³-hybridized carbons (Fsp3) is 0.719. The Kier molecular flexibility index (Phi) is 13.2. The molecule has 242 valence electrons. The summed E-state index contributed by atoms with van der Waals surface area (Å²) < 4.78 is 23.7. The van der Waals surface area contributed by atoms with Gasteiger partial charge in [0.2, 0.25) is 11.8 Å². The molecule has 1 spiro atoms. The van der Waals surface area contributed by atoms with Crippen LogP contribution in [-0.2, 0) is 28.5 Å². The summed E-state index contributed by atoms with van der Waals surface area (Å²) >= 11 is 1.66. The van der Waals surface area contributed by atoms with Gasteiger partial charge in [-0.1, -0.05) is 30.7 Å². The SMILES string of the molecule is CSCCN(C)C(=O)OC(C)/C=C\C(=O)NC1CC(C)C(C/C=C(C)/C=C/C2CC3(C[C@@H](CC(N)=O)O2)OC3C)OC1C. The summed E-state index contributed by atoms with van der Waals surface area (Å²) in [6.45, 7) is 10.6. The summed E-state index contributed by atoms with van der Waals surface area (Å²) in [5, 5.41) is 3.05. The normalized spacial score (nSPS) is 33.5. The third-order valence-corrected chi connectivity index (χ3v) is 9.14. The molecule has 3 aliphatic rings. The smallest absolute Gasteiger partial charge is 0.410 e. The van der Waals surface area contributed by atoms with Crippen LogP contribution in [0.2, 0.25) is 0 Å². The third kappa shape index (κ3) is 11.0. The van der Waals surface area contributed by atoms with Crippen LogP contribution in [0.25, 0.3) is 0 Å². The van der Waals surface area contributed by atoms with E-state index in [1.807, 2.05) is 19.3 Å². The first-order valence-corrected chi connectivity index (χ1v) is 16.7. The maximum atomic E-state index is 12.6. The Hall–Kier alpha value is -2.34. The van der Waals surface area contributed by atoms with Gasteiger partial charge in [-0.25, -0.2) is 4.79 Å². The summed E-state index contributed by atoms with van der Waals surface area (Å²) in [7, 11) is 1.70. The highest BCUT2D eigenvalue weighted by Gasteiger charge is 2.57. The van der Waals surface area contributed by atoms with Gasteiger partial charge in [0.15, 0.2) is 0 Å². The van der Waals surface area contributed by atoms with E-state index in [1.165, 1.54) is 11.0 Å². The molecule has 0 radical (unpaired) electrons. The lowest BCUT2D eigenvalue weighted by atomic mass is 9.87. The van der Waals surface area contributed by atoms with Crippen molar-refractivity contribution in [2.75, 3.05) is 25.6 Å². The molecular formula is C32H51N3O7S. The molecule has 8 unspecified atom stereocenters. The molecule has 43 heavy (non-hydrogen) atoms. The topological polar surface area (TPSA) is 133 Å². The number of primary amides is 1. The number of hydrogen-bond donors (Lipinski definition) is 2. The van der Waals surface area contributed by atoms with Crippen molar-refractivity contribution in [3.05, 3.63) is 36.0 Å². The molecule has 3 rings (SSSR count). The van der Waals surface area contributed by atoms with Crippen molar-refractivity contribution in [3.63, 3.8) is 0 Å². The lowest BCUT2D eigenvalue weighted by Gasteiger charge is -2.39. The number of carbonyl (C=O) groups is 3. The number of ether oxygens (including phenoxy) is 4. The molecular weight excluding hydrogens is 570 g/mol. The van der Waals surface area contributed by atoms with Crippen molar-refractivity contribution in [1.29, 1.82) is 0 Å². The van der Waals surface area contributed by atoms with Crippen LogP contribution >= 0.6 is 11.8 Å². The number of nitrogens with zero attached hydrogens (tertiary/aromatic N) is 1. The number of nitrogens with one attached hydrogen (secondary N) is 1. The molecule has 3 saturated heterocycles. The molecule has 11 heteroatoms. The van der Waals surface area contributed by atoms with Gasteiger partial charge in [0.05, 0.1) is 48.6 Å². The van der Waals surface area contributed by atoms with Gasteiger partial charge in [0.25, 0.3) is 0 Å². The second kappa shape index (κ2) is 16.1. The summed E-state index contributed by atoms with van der Waals surface area (Å²) in [6.07, 6.45) is 13.3. The Balaban J connectivity index is 1.44. The van der Waals surface area contributed by atoms with Crippen LogP contribution in [0.15, 0.2) is 36.0 Å². The molecule has 10 nitrogen and oxygen atoms in total. The van der Waals surface area contributed by atoms with E-state index in [-0.39, 0.29) is 66.3 Å². The molecule has 0 aromatic carbocycles. The summed E-state index contributed by atoms with van der Waals surface area (Å²) in [5.41, 5.74) is 6.32. The second-order valence-electron chi connectivity index (χ2n) is 12.3. The first kappa shape index (κ1) is 35.1. The Morgan fingerprint density at radius 2 is 1.91 bits per heavy atom. The molecule has 3 fully saturated rings. The third-order valence-electron chi connectivity index (χ3n) is 8.55. The van der Waals surface area contributed by atoms with Crippen LogP contribution in [0.3, 0.4) is 0 Å². The molecule has 0 aliphatic carbocycles. The molecule has 0 bridgehead atoms. The largest absolute Gasteiger partial charge is 0.442 e. The average Bonchev–Trinajstić information content (AvgIpc) is 3.55. The van der Waals surface area contributed by atoms with Gasteiger partial charge in [-0.05, 0) is 58.8 Å². The van der Waals surface area contributed by atoms with E-state index in [2.05, 4.69) is 38.2 Å². The van der Waals surface area contributed by atoms with Crippen molar-refractivity contribution in [3.8, 4) is 0 Å². The van der Waals surface area contributed by atoms with Crippen molar-refractivity contribution < 1.29 is 33.3 Å². The van der Waals surface area contributed by atoms with Crippen LogP contribution in [0.4, 0.5) is 4.79 Å². The van der Waals surface area contributed by atoms with Crippen LogP contribution in [0.1, 0.15) is 66.7 Å². The monoisotopic (exact) mass is 621 g/mol. The van der Waals surface area contributed by atoms with Crippen molar-refractivity contribution in [1.82, 2.24) is 10.2 Å². The maximum Gasteiger partial charge on any atom is 0.410 e. The minimum absolute atomic E-state index is 0.0411. The van der Waals surface area contributed by atoms with E-state index < -0.39 is 12.2 Å². The van der Waals surface area contributed by atoms with E-state index in [0.29, 0.717) is 13.0 Å². The van der Waals surface area contributed by atoms with E-state index in [0.717, 1.165) is 30.6 Å². The fourth-order valence-electron chi connectivity index (χ4n) is 5.76. The van der Waals surface area contributed by atoms with Gasteiger partial charge >= 0.3 is 6.09 Å². The lowest BCUT2D eigenvalue weighted by molar-refractivity contribution is -0.125. The van der Waals surface area contributed by atoms with Gasteiger partial charge in [-0.3, -0.25) is 9.59 Å². The van der Waals surface area contributed by atoms with Crippen LogP contribution < -0.4 is 11.1 Å². The van der Waals surface area contributed by atoms with Crippen LogP contribution in [0, 0.1) is 5.92 Å². The van der Waals surface area contributed by atoms with E-state index >= 15 is 0 Å². The fourth-order valence-corrected chi connectivity index (χ4v) is 6.22. The zero-order valence-corrected chi connectivity index (χ0v) is 27.6. The highest BCUT2D eigenvalue weighted by atomic mass is 32.2. The number of amides is 3. The van der Waals surface area contributed by atoms with Gasteiger partial charge in [-0.15, -0.1) is 0 Å². The van der Waals surface area contributed by atoms with Crippen molar-refractivity contribution in [2.45, 2.75) is 115 Å². The molecule has 0 aromatic rings.